The molecule has 22 heavy (non-hydrogen) atoms. The summed E-state index contributed by atoms with van der Waals surface area (Å²) in [4.78, 5) is 14.1. The van der Waals surface area contributed by atoms with E-state index in [1.165, 1.54) is 0 Å². The highest BCUT2D eigenvalue weighted by atomic mass is 32.1. The summed E-state index contributed by atoms with van der Waals surface area (Å²) in [6, 6.07) is 1.94. The molecule has 0 spiro atoms. The quantitative estimate of drug-likeness (QED) is 0.929. The van der Waals surface area contributed by atoms with Crippen molar-refractivity contribution in [3.05, 3.63) is 34.5 Å². The van der Waals surface area contributed by atoms with Crippen molar-refractivity contribution in [3.63, 3.8) is 0 Å². The highest BCUT2D eigenvalue weighted by Gasteiger charge is 2.28. The van der Waals surface area contributed by atoms with E-state index < -0.39 is 0 Å². The van der Waals surface area contributed by atoms with Crippen molar-refractivity contribution in [2.75, 3.05) is 19.7 Å². The van der Waals surface area contributed by atoms with Crippen LogP contribution in [0.4, 0.5) is 4.79 Å². The van der Waals surface area contributed by atoms with Crippen molar-refractivity contribution in [1.82, 2.24) is 25.0 Å². The van der Waals surface area contributed by atoms with E-state index in [0.717, 1.165) is 17.9 Å². The number of carbonyl (C=O) groups excluding carboxylic acids is 1. The zero-order valence-corrected chi connectivity index (χ0v) is 13.3. The van der Waals surface area contributed by atoms with E-state index >= 15 is 0 Å². The fourth-order valence-corrected chi connectivity index (χ4v) is 3.10. The lowest BCUT2D eigenvalue weighted by Crippen LogP contribution is -2.47. The smallest absolute Gasteiger partial charge is 0.317 e. The molecule has 3 heterocycles. The number of carbonyl (C=O) groups is 1. The first-order valence-electron chi connectivity index (χ1n) is 7.31. The predicted octanol–water partition coefficient (Wildman–Crippen LogP) is 1.64. The van der Waals surface area contributed by atoms with Gasteiger partial charge in [-0.3, -0.25) is 0 Å². The average molecular weight is 321 g/mol. The predicted molar refractivity (Wildman–Crippen MR) is 82.5 cm³/mol. The van der Waals surface area contributed by atoms with Gasteiger partial charge in [0.15, 0.2) is 5.82 Å². The summed E-state index contributed by atoms with van der Waals surface area (Å²) in [6.07, 6.45) is 1.47. The van der Waals surface area contributed by atoms with Crippen molar-refractivity contribution in [2.24, 2.45) is 0 Å². The Balaban J connectivity index is 1.59. The summed E-state index contributed by atoms with van der Waals surface area (Å²) in [6.45, 7) is 4.95. The first-order chi connectivity index (χ1) is 10.8. The molecule has 1 aliphatic heterocycles. The maximum Gasteiger partial charge on any atom is 0.317 e. The molecule has 1 saturated heterocycles. The van der Waals surface area contributed by atoms with Crippen LogP contribution in [0, 0.1) is 0 Å². The van der Waals surface area contributed by atoms with Gasteiger partial charge in [0.1, 0.15) is 12.4 Å². The zero-order valence-electron chi connectivity index (χ0n) is 12.4. The Bertz CT molecular complexity index is 613. The molecule has 2 aromatic heterocycles. The third-order valence-corrected chi connectivity index (χ3v) is 4.38. The van der Waals surface area contributed by atoms with Gasteiger partial charge >= 0.3 is 6.03 Å². The van der Waals surface area contributed by atoms with Crippen LogP contribution in [-0.4, -0.2) is 45.4 Å². The van der Waals surface area contributed by atoms with Crippen molar-refractivity contribution in [2.45, 2.75) is 26.1 Å². The Kier molecular flexibility index (Phi) is 4.69. The maximum absolute atomic E-state index is 12.3. The van der Waals surface area contributed by atoms with Crippen molar-refractivity contribution in [1.29, 1.82) is 0 Å². The molecule has 0 radical (unpaired) electrons. The van der Waals surface area contributed by atoms with Crippen LogP contribution >= 0.6 is 11.3 Å². The van der Waals surface area contributed by atoms with Crippen LogP contribution in [0.3, 0.4) is 0 Å². The standard InChI is InChI=1S/C14H19N5O2S/c1-2-18-10-16-17-13(18)12-8-19(4-5-21-12)14(20)15-7-11-3-6-22-9-11/h3,6,9-10,12H,2,4-5,7-8H2,1H3,(H,15,20)/t12-/m1/s1. The molecule has 1 aliphatic rings. The number of nitrogens with one attached hydrogen (secondary N) is 1. The number of urea groups is 1. The van der Waals surface area contributed by atoms with Crippen LogP contribution in [0.5, 0.6) is 0 Å². The number of nitrogens with zero attached hydrogens (tertiary/aromatic N) is 4. The molecule has 1 atom stereocenters. The lowest BCUT2D eigenvalue weighted by molar-refractivity contribution is -0.0218. The molecule has 0 saturated carbocycles. The number of rotatable bonds is 4. The van der Waals surface area contributed by atoms with Crippen LogP contribution in [0.15, 0.2) is 23.2 Å². The second-order valence-corrected chi connectivity index (χ2v) is 5.85. The van der Waals surface area contributed by atoms with Crippen LogP contribution in [0.1, 0.15) is 24.4 Å². The summed E-state index contributed by atoms with van der Waals surface area (Å²) in [5.41, 5.74) is 1.12. The van der Waals surface area contributed by atoms with Gasteiger partial charge in [-0.25, -0.2) is 4.79 Å². The van der Waals surface area contributed by atoms with Gasteiger partial charge in [-0.05, 0) is 29.3 Å². The Morgan fingerprint density at radius 2 is 2.50 bits per heavy atom. The van der Waals surface area contributed by atoms with Crippen LogP contribution < -0.4 is 5.32 Å². The van der Waals surface area contributed by atoms with Gasteiger partial charge in [0.05, 0.1) is 13.2 Å². The van der Waals surface area contributed by atoms with E-state index in [-0.39, 0.29) is 12.1 Å². The molecule has 8 heteroatoms. The van der Waals surface area contributed by atoms with E-state index in [1.807, 2.05) is 28.3 Å². The normalized spacial score (nSPS) is 18.4. The number of amides is 2. The van der Waals surface area contributed by atoms with E-state index in [1.54, 1.807) is 22.6 Å². The minimum absolute atomic E-state index is 0.0675. The van der Waals surface area contributed by atoms with E-state index in [4.69, 9.17) is 4.74 Å². The first-order valence-corrected chi connectivity index (χ1v) is 8.25. The molecular weight excluding hydrogens is 302 g/mol. The third-order valence-electron chi connectivity index (χ3n) is 3.65. The van der Waals surface area contributed by atoms with Crippen LogP contribution in [0.25, 0.3) is 0 Å². The van der Waals surface area contributed by atoms with Gasteiger partial charge in [-0.2, -0.15) is 11.3 Å². The molecule has 118 valence electrons. The largest absolute Gasteiger partial charge is 0.366 e. The Hall–Kier alpha value is -1.93. The van der Waals surface area contributed by atoms with Crippen molar-refractivity contribution >= 4 is 17.4 Å². The number of thiophene rings is 1. The summed E-state index contributed by atoms with van der Waals surface area (Å²) >= 11 is 1.63. The van der Waals surface area contributed by atoms with Gasteiger partial charge in [0.2, 0.25) is 0 Å². The molecule has 1 N–H and O–H groups in total. The van der Waals surface area contributed by atoms with Gasteiger partial charge in [0, 0.05) is 19.6 Å². The zero-order chi connectivity index (χ0) is 15.4. The fraction of sp³-hybridized carbons (Fsp3) is 0.500. The lowest BCUT2D eigenvalue weighted by atomic mass is 10.2. The highest BCUT2D eigenvalue weighted by Crippen LogP contribution is 2.20. The summed E-state index contributed by atoms with van der Waals surface area (Å²) in [5, 5.41) is 15.0. The number of aromatic nitrogens is 3. The molecule has 0 bridgehead atoms. The molecule has 3 rings (SSSR count). The number of hydrogen-bond acceptors (Lipinski definition) is 5. The van der Waals surface area contributed by atoms with E-state index in [0.29, 0.717) is 26.2 Å². The van der Waals surface area contributed by atoms with Gasteiger partial charge in [0.25, 0.3) is 0 Å². The molecule has 0 aromatic carbocycles. The summed E-state index contributed by atoms with van der Waals surface area (Å²) in [5.74, 6) is 0.776. The van der Waals surface area contributed by atoms with Gasteiger partial charge in [-0.1, -0.05) is 0 Å². The Morgan fingerprint density at radius 3 is 3.27 bits per heavy atom. The SMILES string of the molecule is CCn1cnnc1[C@H]1CN(C(=O)NCc2ccsc2)CCO1. The van der Waals surface area contributed by atoms with E-state index in [2.05, 4.69) is 15.5 Å². The Labute approximate surface area is 132 Å². The first kappa shape index (κ1) is 15.0. The number of aryl methyl sites for hydroxylation is 1. The number of ether oxygens (including phenoxy) is 1. The minimum atomic E-state index is -0.219. The van der Waals surface area contributed by atoms with Crippen LogP contribution in [-0.2, 0) is 17.8 Å². The van der Waals surface area contributed by atoms with Crippen molar-refractivity contribution in [3.8, 4) is 0 Å². The number of hydrogen-bond donors (Lipinski definition) is 1. The second kappa shape index (κ2) is 6.89. The molecule has 0 aliphatic carbocycles. The van der Waals surface area contributed by atoms with Crippen LogP contribution in [0.2, 0.25) is 0 Å². The summed E-state index contributed by atoms with van der Waals surface area (Å²) in [7, 11) is 0. The highest BCUT2D eigenvalue weighted by molar-refractivity contribution is 7.07. The molecule has 7 nitrogen and oxygen atoms in total. The molecule has 2 amide bonds. The van der Waals surface area contributed by atoms with E-state index in [9.17, 15) is 4.79 Å². The lowest BCUT2D eigenvalue weighted by Gasteiger charge is -2.32. The summed E-state index contributed by atoms with van der Waals surface area (Å²) < 4.78 is 7.69. The molecule has 0 unspecified atom stereocenters. The average Bonchev–Trinajstić information content (AvgIpc) is 3.23. The maximum atomic E-state index is 12.3. The molecule has 2 aromatic rings. The van der Waals surface area contributed by atoms with Crippen molar-refractivity contribution < 1.29 is 9.53 Å². The van der Waals surface area contributed by atoms with Gasteiger partial charge < -0.3 is 19.5 Å². The topological polar surface area (TPSA) is 72.3 Å². The fourth-order valence-electron chi connectivity index (χ4n) is 2.43. The number of morpholine rings is 1. The third kappa shape index (κ3) is 3.28. The Morgan fingerprint density at radius 1 is 1.59 bits per heavy atom. The van der Waals surface area contributed by atoms with Gasteiger partial charge in [-0.15, -0.1) is 10.2 Å². The minimum Gasteiger partial charge on any atom is -0.366 e. The molecule has 1 fully saturated rings. The molecular formula is C14H19N5O2S. The second-order valence-electron chi connectivity index (χ2n) is 5.07. The monoisotopic (exact) mass is 321 g/mol.